The fourth-order valence-electron chi connectivity index (χ4n) is 4.91. The summed E-state index contributed by atoms with van der Waals surface area (Å²) < 4.78 is 42.4. The number of piperazine rings is 1. The molecule has 5 rings (SSSR count). The minimum Gasteiger partial charge on any atom is -0.336 e. The Kier molecular flexibility index (Phi) is 5.66. The molecule has 7 nitrogen and oxygen atoms in total. The van der Waals surface area contributed by atoms with E-state index in [1.165, 1.54) is 27.4 Å². The summed E-state index contributed by atoms with van der Waals surface area (Å²) in [5.41, 5.74) is 2.48. The Labute approximate surface area is 196 Å². The number of carbonyl (C=O) groups excluding carboxylic acids is 2. The third-order valence-corrected chi connectivity index (χ3v) is 8.78. The second-order valence-electron chi connectivity index (χ2n) is 8.53. The van der Waals surface area contributed by atoms with Crippen molar-refractivity contribution in [2.75, 3.05) is 37.6 Å². The third-order valence-electron chi connectivity index (χ3n) is 6.59. The minimum atomic E-state index is -3.77. The number of rotatable bonds is 3. The zero-order valence-corrected chi connectivity index (χ0v) is 19.5. The number of hydrogen-bond acceptors (Lipinski definition) is 4. The molecule has 0 spiro atoms. The van der Waals surface area contributed by atoms with E-state index in [2.05, 4.69) is 0 Å². The molecule has 3 heterocycles. The molecule has 0 aromatic heterocycles. The van der Waals surface area contributed by atoms with Gasteiger partial charge in [-0.2, -0.15) is 4.31 Å². The number of aryl methyl sites for hydroxylation is 2. The first-order valence-electron chi connectivity index (χ1n) is 11.0. The van der Waals surface area contributed by atoms with Gasteiger partial charge in [0.25, 0.3) is 5.91 Å². The molecule has 0 bridgehead atoms. The largest absolute Gasteiger partial charge is 0.336 e. The van der Waals surface area contributed by atoms with Gasteiger partial charge in [-0.25, -0.2) is 12.8 Å². The van der Waals surface area contributed by atoms with Crippen molar-refractivity contribution in [1.82, 2.24) is 9.21 Å². The van der Waals surface area contributed by atoms with E-state index in [4.69, 9.17) is 11.6 Å². The predicted molar refractivity (Wildman–Crippen MR) is 122 cm³/mol. The van der Waals surface area contributed by atoms with E-state index in [0.717, 1.165) is 29.7 Å². The topological polar surface area (TPSA) is 78.0 Å². The van der Waals surface area contributed by atoms with Crippen LogP contribution in [0.3, 0.4) is 0 Å². The number of sulfonamides is 1. The molecule has 0 aliphatic carbocycles. The number of carbonyl (C=O) groups is 2. The van der Waals surface area contributed by atoms with Gasteiger partial charge in [0.15, 0.2) is 0 Å². The first-order chi connectivity index (χ1) is 15.8. The Morgan fingerprint density at radius 3 is 2.36 bits per heavy atom. The van der Waals surface area contributed by atoms with Crippen molar-refractivity contribution in [2.24, 2.45) is 0 Å². The van der Waals surface area contributed by atoms with Crippen LogP contribution < -0.4 is 4.90 Å². The monoisotopic (exact) mass is 491 g/mol. The quantitative estimate of drug-likeness (QED) is 0.661. The maximum absolute atomic E-state index is 14.1. The Hall–Kier alpha value is -2.49. The van der Waals surface area contributed by atoms with Gasteiger partial charge in [0.05, 0.1) is 21.2 Å². The minimum absolute atomic E-state index is 0.0330. The van der Waals surface area contributed by atoms with Crippen molar-refractivity contribution in [2.45, 2.75) is 30.6 Å². The first kappa shape index (κ1) is 22.3. The molecule has 0 saturated carbocycles. The lowest BCUT2D eigenvalue weighted by molar-refractivity contribution is -0.119. The summed E-state index contributed by atoms with van der Waals surface area (Å²) in [5, 5.41) is 0.0330. The van der Waals surface area contributed by atoms with Crippen LogP contribution in [0, 0.1) is 5.82 Å². The van der Waals surface area contributed by atoms with Crippen LogP contribution in [0.1, 0.15) is 34.3 Å². The molecule has 0 unspecified atom stereocenters. The molecular weight excluding hydrogens is 469 g/mol. The van der Waals surface area contributed by atoms with Crippen LogP contribution in [0.4, 0.5) is 10.1 Å². The molecular formula is C23H23ClFN3O4S. The molecule has 1 fully saturated rings. The fraction of sp³-hybridized carbons (Fsp3) is 0.391. The summed E-state index contributed by atoms with van der Waals surface area (Å²) in [7, 11) is -3.77. The Morgan fingerprint density at radius 2 is 1.67 bits per heavy atom. The average Bonchev–Trinajstić information content (AvgIpc) is 2.81. The van der Waals surface area contributed by atoms with Crippen LogP contribution in [0.2, 0.25) is 5.02 Å². The van der Waals surface area contributed by atoms with E-state index in [1.54, 1.807) is 17.0 Å². The molecule has 2 aromatic rings. The summed E-state index contributed by atoms with van der Waals surface area (Å²) >= 11 is 6.02. The van der Waals surface area contributed by atoms with E-state index >= 15 is 0 Å². The highest BCUT2D eigenvalue weighted by Gasteiger charge is 2.35. The second kappa shape index (κ2) is 8.38. The van der Waals surface area contributed by atoms with Crippen LogP contribution in [0.5, 0.6) is 0 Å². The third kappa shape index (κ3) is 3.82. The van der Waals surface area contributed by atoms with E-state index in [1.807, 2.05) is 0 Å². The molecule has 2 aromatic carbocycles. The SMILES string of the molecule is O=C(c1c(F)cccc1Cl)N1CCN(S(=O)(=O)c2cc3c4c(c2)CCC(=O)N4CCC3)CC1. The van der Waals surface area contributed by atoms with E-state index < -0.39 is 21.7 Å². The van der Waals surface area contributed by atoms with Gasteiger partial charge in [0.2, 0.25) is 15.9 Å². The van der Waals surface area contributed by atoms with Gasteiger partial charge in [-0.15, -0.1) is 0 Å². The van der Waals surface area contributed by atoms with Crippen LogP contribution in [0.15, 0.2) is 35.2 Å². The molecule has 0 atom stereocenters. The van der Waals surface area contributed by atoms with Crippen molar-refractivity contribution in [3.63, 3.8) is 0 Å². The zero-order valence-electron chi connectivity index (χ0n) is 17.9. The van der Waals surface area contributed by atoms with E-state index in [0.29, 0.717) is 19.4 Å². The molecule has 0 N–H and O–H groups in total. The van der Waals surface area contributed by atoms with Crippen molar-refractivity contribution in [3.8, 4) is 0 Å². The highest BCUT2D eigenvalue weighted by Crippen LogP contribution is 2.38. The number of halogens is 2. The van der Waals surface area contributed by atoms with Crippen LogP contribution in [0.25, 0.3) is 0 Å². The summed E-state index contributed by atoms with van der Waals surface area (Å²) in [6.07, 6.45) is 2.46. The van der Waals surface area contributed by atoms with Gasteiger partial charge in [-0.05, 0) is 54.7 Å². The second-order valence-corrected chi connectivity index (χ2v) is 10.9. The fourth-order valence-corrected chi connectivity index (χ4v) is 6.68. The molecule has 1 saturated heterocycles. The maximum Gasteiger partial charge on any atom is 0.258 e. The lowest BCUT2D eigenvalue weighted by atomic mass is 9.92. The molecule has 174 valence electrons. The lowest BCUT2D eigenvalue weighted by Gasteiger charge is -2.37. The Morgan fingerprint density at radius 1 is 0.970 bits per heavy atom. The highest BCUT2D eigenvalue weighted by atomic mass is 35.5. The van der Waals surface area contributed by atoms with Crippen molar-refractivity contribution in [3.05, 3.63) is 57.9 Å². The van der Waals surface area contributed by atoms with Gasteiger partial charge >= 0.3 is 0 Å². The first-order valence-corrected chi connectivity index (χ1v) is 12.8. The van der Waals surface area contributed by atoms with E-state index in [-0.39, 0.29) is 47.6 Å². The van der Waals surface area contributed by atoms with Gasteiger partial charge in [-0.3, -0.25) is 9.59 Å². The van der Waals surface area contributed by atoms with Crippen molar-refractivity contribution >= 4 is 39.1 Å². The van der Waals surface area contributed by atoms with Gasteiger partial charge in [-0.1, -0.05) is 17.7 Å². The Bertz CT molecular complexity index is 1220. The lowest BCUT2D eigenvalue weighted by Crippen LogP contribution is -2.50. The molecule has 3 aliphatic heterocycles. The van der Waals surface area contributed by atoms with Gasteiger partial charge < -0.3 is 9.80 Å². The smallest absolute Gasteiger partial charge is 0.258 e. The number of benzene rings is 2. The summed E-state index contributed by atoms with van der Waals surface area (Å²) in [5.74, 6) is -1.15. The normalized spacial score (nSPS) is 18.9. The predicted octanol–water partition coefficient (Wildman–Crippen LogP) is 2.85. The summed E-state index contributed by atoms with van der Waals surface area (Å²) in [6, 6.07) is 7.44. The summed E-state index contributed by atoms with van der Waals surface area (Å²) in [6.45, 7) is 1.17. The molecule has 33 heavy (non-hydrogen) atoms. The van der Waals surface area contributed by atoms with Crippen LogP contribution in [-0.2, 0) is 27.7 Å². The average molecular weight is 492 g/mol. The van der Waals surface area contributed by atoms with Crippen LogP contribution >= 0.6 is 11.6 Å². The summed E-state index contributed by atoms with van der Waals surface area (Å²) in [4.78, 5) is 28.5. The van der Waals surface area contributed by atoms with Gasteiger partial charge in [0, 0.05) is 39.1 Å². The number of hydrogen-bond donors (Lipinski definition) is 0. The van der Waals surface area contributed by atoms with Crippen LogP contribution in [-0.4, -0.2) is 62.2 Å². The van der Waals surface area contributed by atoms with Crippen molar-refractivity contribution < 1.29 is 22.4 Å². The van der Waals surface area contributed by atoms with Crippen molar-refractivity contribution in [1.29, 1.82) is 0 Å². The highest BCUT2D eigenvalue weighted by molar-refractivity contribution is 7.89. The van der Waals surface area contributed by atoms with Gasteiger partial charge in [0.1, 0.15) is 5.82 Å². The maximum atomic E-state index is 14.1. The molecule has 10 heteroatoms. The number of amides is 2. The van der Waals surface area contributed by atoms with E-state index in [9.17, 15) is 22.4 Å². The molecule has 0 radical (unpaired) electrons. The number of nitrogens with zero attached hydrogens (tertiary/aromatic N) is 3. The molecule has 3 aliphatic rings. The standard InChI is InChI=1S/C23H23ClFN3O4S/c24-18-4-1-5-19(25)21(18)23(30)26-9-11-27(12-10-26)33(31,32)17-13-15-3-2-8-28-20(29)7-6-16(14-17)22(15)28/h1,4-5,13-14H,2-3,6-12H2. The Balaban J connectivity index is 1.36. The molecule has 2 amide bonds. The zero-order chi connectivity index (χ0) is 23.3. The number of anilines is 1.